The normalized spacial score (nSPS) is 19.4. The van der Waals surface area contributed by atoms with Crippen molar-refractivity contribution in [3.8, 4) is 11.3 Å². The number of ether oxygens (including phenoxy) is 1. The molecule has 3 aliphatic rings. The molecule has 1 unspecified atom stereocenters. The van der Waals surface area contributed by atoms with Crippen LogP contribution >= 0.6 is 0 Å². The molecule has 1 saturated carbocycles. The van der Waals surface area contributed by atoms with Gasteiger partial charge in [0.25, 0.3) is 5.91 Å². The highest BCUT2D eigenvalue weighted by atomic mass is 16.5. The van der Waals surface area contributed by atoms with Crippen LogP contribution in [0.3, 0.4) is 0 Å². The van der Waals surface area contributed by atoms with Crippen LogP contribution in [0.25, 0.3) is 11.3 Å². The Labute approximate surface area is 228 Å². The van der Waals surface area contributed by atoms with Crippen LogP contribution in [-0.2, 0) is 14.3 Å². The molecule has 202 valence electrons. The quantitative estimate of drug-likeness (QED) is 0.469. The van der Waals surface area contributed by atoms with Gasteiger partial charge in [0.2, 0.25) is 11.9 Å². The van der Waals surface area contributed by atoms with Gasteiger partial charge in [-0.05, 0) is 68.1 Å². The summed E-state index contributed by atoms with van der Waals surface area (Å²) >= 11 is 0. The van der Waals surface area contributed by atoms with Crippen LogP contribution in [0.5, 0.6) is 0 Å². The molecule has 2 amide bonds. The van der Waals surface area contributed by atoms with Gasteiger partial charge in [0, 0.05) is 67.5 Å². The van der Waals surface area contributed by atoms with E-state index in [4.69, 9.17) is 4.74 Å². The molecule has 0 radical (unpaired) electrons. The number of nitrogens with zero attached hydrogens (tertiary/aromatic N) is 4. The van der Waals surface area contributed by atoms with Crippen molar-refractivity contribution in [1.82, 2.24) is 14.9 Å². The van der Waals surface area contributed by atoms with E-state index in [-0.39, 0.29) is 17.9 Å². The van der Waals surface area contributed by atoms with Crippen molar-refractivity contribution in [3.05, 3.63) is 60.8 Å². The predicted octanol–water partition coefficient (Wildman–Crippen LogP) is 4.45. The molecular weight excluding hydrogens is 492 g/mol. The van der Waals surface area contributed by atoms with Crippen molar-refractivity contribution < 1.29 is 14.3 Å². The van der Waals surface area contributed by atoms with Crippen LogP contribution in [0.4, 0.5) is 23.0 Å². The van der Waals surface area contributed by atoms with Gasteiger partial charge >= 0.3 is 0 Å². The fourth-order valence-electron chi connectivity index (χ4n) is 5.29. The van der Waals surface area contributed by atoms with Gasteiger partial charge in [-0.25, -0.2) is 9.97 Å². The zero-order chi connectivity index (χ0) is 26.6. The standard InChI is InChI=1S/C30H34N6O3/c37-28(27-5-2-20-39-27)32-23-8-6-21(7-9-23)26-14-15-31-30(34-26)33-24-10-12-25(13-11-24)35-16-18-36(19-17-35)29(38)22-3-1-4-22/h6-15,22,27H,1-5,16-20H2,(H,32,37)(H,31,33,34). The highest BCUT2D eigenvalue weighted by Gasteiger charge is 2.31. The van der Waals surface area contributed by atoms with Crippen LogP contribution in [-0.4, -0.2) is 65.6 Å². The van der Waals surface area contributed by atoms with E-state index in [1.807, 2.05) is 47.4 Å². The third-order valence-electron chi connectivity index (χ3n) is 7.86. The minimum atomic E-state index is -0.355. The first-order chi connectivity index (χ1) is 19.1. The molecule has 3 aromatic rings. The smallest absolute Gasteiger partial charge is 0.253 e. The molecule has 3 fully saturated rings. The SMILES string of the molecule is O=C(Nc1ccc(-c2ccnc(Nc3ccc(N4CCN(C(=O)C5CCC5)CC4)cc3)n2)cc1)C1CCCO1. The maximum atomic E-state index is 12.5. The fraction of sp³-hybridized carbons (Fsp3) is 0.400. The minimum absolute atomic E-state index is 0.0962. The molecule has 2 aromatic carbocycles. The molecule has 2 N–H and O–H groups in total. The lowest BCUT2D eigenvalue weighted by Gasteiger charge is -2.39. The molecule has 2 saturated heterocycles. The minimum Gasteiger partial charge on any atom is -0.368 e. The maximum absolute atomic E-state index is 12.5. The molecule has 0 bridgehead atoms. The fourth-order valence-corrected chi connectivity index (χ4v) is 5.29. The van der Waals surface area contributed by atoms with Gasteiger partial charge in [-0.2, -0.15) is 0 Å². The molecule has 2 aliphatic heterocycles. The molecule has 3 heterocycles. The number of anilines is 4. The predicted molar refractivity (Wildman–Crippen MR) is 151 cm³/mol. The van der Waals surface area contributed by atoms with E-state index in [1.54, 1.807) is 6.20 Å². The molecule has 0 spiro atoms. The van der Waals surface area contributed by atoms with Gasteiger partial charge in [0.1, 0.15) is 6.10 Å². The van der Waals surface area contributed by atoms with E-state index in [2.05, 4.69) is 37.6 Å². The Morgan fingerprint density at radius 1 is 0.846 bits per heavy atom. The maximum Gasteiger partial charge on any atom is 0.253 e. The van der Waals surface area contributed by atoms with E-state index in [0.29, 0.717) is 18.5 Å². The van der Waals surface area contributed by atoms with E-state index in [0.717, 1.165) is 80.2 Å². The molecule has 1 aromatic heterocycles. The lowest BCUT2D eigenvalue weighted by atomic mass is 9.84. The average molecular weight is 527 g/mol. The summed E-state index contributed by atoms with van der Waals surface area (Å²) in [6.07, 6.45) is 6.37. The van der Waals surface area contributed by atoms with Gasteiger partial charge in [-0.15, -0.1) is 0 Å². The molecule has 1 aliphatic carbocycles. The summed E-state index contributed by atoms with van der Waals surface area (Å²) in [4.78, 5) is 38.2. The highest BCUT2D eigenvalue weighted by molar-refractivity contribution is 5.94. The molecular formula is C30H34N6O3. The largest absolute Gasteiger partial charge is 0.368 e. The van der Waals surface area contributed by atoms with Crippen molar-refractivity contribution in [2.75, 3.05) is 48.3 Å². The number of amides is 2. The first-order valence-corrected chi connectivity index (χ1v) is 13.9. The number of rotatable bonds is 7. The van der Waals surface area contributed by atoms with Gasteiger partial charge in [0.05, 0.1) is 5.69 Å². The van der Waals surface area contributed by atoms with E-state index >= 15 is 0 Å². The van der Waals surface area contributed by atoms with Gasteiger partial charge in [-0.3, -0.25) is 9.59 Å². The van der Waals surface area contributed by atoms with Crippen molar-refractivity contribution in [2.45, 2.75) is 38.2 Å². The number of carbonyl (C=O) groups excluding carboxylic acids is 2. The lowest BCUT2D eigenvalue weighted by Crippen LogP contribution is -2.51. The summed E-state index contributed by atoms with van der Waals surface area (Å²) in [5.74, 6) is 1.03. The van der Waals surface area contributed by atoms with Crippen molar-refractivity contribution in [3.63, 3.8) is 0 Å². The van der Waals surface area contributed by atoms with Gasteiger partial charge in [0.15, 0.2) is 0 Å². The number of piperazine rings is 1. The summed E-state index contributed by atoms with van der Waals surface area (Å²) in [5.41, 5.74) is 4.51. The molecule has 9 heteroatoms. The molecule has 39 heavy (non-hydrogen) atoms. The van der Waals surface area contributed by atoms with Gasteiger partial charge in [-0.1, -0.05) is 18.6 Å². The van der Waals surface area contributed by atoms with Crippen LogP contribution in [0.2, 0.25) is 0 Å². The molecule has 1 atom stereocenters. The third kappa shape index (κ3) is 5.88. The third-order valence-corrected chi connectivity index (χ3v) is 7.86. The van der Waals surface area contributed by atoms with Crippen LogP contribution in [0.15, 0.2) is 60.8 Å². The zero-order valence-corrected chi connectivity index (χ0v) is 22.0. The van der Waals surface area contributed by atoms with Crippen molar-refractivity contribution in [2.24, 2.45) is 5.92 Å². The van der Waals surface area contributed by atoms with Crippen molar-refractivity contribution in [1.29, 1.82) is 0 Å². The number of hydrogen-bond donors (Lipinski definition) is 2. The summed E-state index contributed by atoms with van der Waals surface area (Å²) in [5, 5.41) is 6.22. The van der Waals surface area contributed by atoms with Crippen LogP contribution < -0.4 is 15.5 Å². The summed E-state index contributed by atoms with van der Waals surface area (Å²) in [6, 6.07) is 17.7. The Morgan fingerprint density at radius 2 is 1.59 bits per heavy atom. The number of carbonyl (C=O) groups is 2. The van der Waals surface area contributed by atoms with Crippen LogP contribution in [0, 0.1) is 5.92 Å². The summed E-state index contributed by atoms with van der Waals surface area (Å²) in [6.45, 7) is 3.93. The second-order valence-electron chi connectivity index (χ2n) is 10.4. The first kappa shape index (κ1) is 25.3. The average Bonchev–Trinajstić information content (AvgIpc) is 3.49. The Kier molecular flexibility index (Phi) is 7.40. The lowest BCUT2D eigenvalue weighted by molar-refractivity contribution is -0.138. The first-order valence-electron chi connectivity index (χ1n) is 13.9. The number of aromatic nitrogens is 2. The summed E-state index contributed by atoms with van der Waals surface area (Å²) < 4.78 is 5.45. The second kappa shape index (κ2) is 11.4. The Morgan fingerprint density at radius 3 is 2.26 bits per heavy atom. The Hall–Kier alpha value is -3.98. The number of benzene rings is 2. The topological polar surface area (TPSA) is 99.7 Å². The zero-order valence-electron chi connectivity index (χ0n) is 22.0. The number of nitrogens with one attached hydrogen (secondary N) is 2. The van der Waals surface area contributed by atoms with E-state index < -0.39 is 0 Å². The van der Waals surface area contributed by atoms with E-state index in [1.165, 1.54) is 6.42 Å². The van der Waals surface area contributed by atoms with Crippen molar-refractivity contribution >= 4 is 34.8 Å². The van der Waals surface area contributed by atoms with Crippen LogP contribution in [0.1, 0.15) is 32.1 Å². The Bertz CT molecular complexity index is 1300. The molecule has 6 rings (SSSR count). The second-order valence-corrected chi connectivity index (χ2v) is 10.4. The van der Waals surface area contributed by atoms with E-state index in [9.17, 15) is 9.59 Å². The number of hydrogen-bond acceptors (Lipinski definition) is 7. The Balaban J connectivity index is 1.04. The monoisotopic (exact) mass is 526 g/mol. The summed E-state index contributed by atoms with van der Waals surface area (Å²) in [7, 11) is 0. The highest BCUT2D eigenvalue weighted by Crippen LogP contribution is 2.29. The molecule has 9 nitrogen and oxygen atoms in total. The van der Waals surface area contributed by atoms with Gasteiger partial charge < -0.3 is 25.2 Å².